The molecule has 3 aromatic rings. The summed E-state index contributed by atoms with van der Waals surface area (Å²) in [6.07, 6.45) is 0. The molecule has 0 aliphatic rings. The van der Waals surface area contributed by atoms with E-state index in [-0.39, 0.29) is 12.4 Å². The Kier molecular flexibility index (Phi) is 10.9. The summed E-state index contributed by atoms with van der Waals surface area (Å²) in [5.41, 5.74) is 3.92. The van der Waals surface area contributed by atoms with Gasteiger partial charge in [0.05, 0.1) is 12.5 Å². The highest BCUT2D eigenvalue weighted by Gasteiger charge is 2.40. The number of ether oxygens (including phenoxy) is 1. The van der Waals surface area contributed by atoms with E-state index in [9.17, 15) is 0 Å². The molecule has 2 atom stereocenters. The first-order chi connectivity index (χ1) is 15.5. The van der Waals surface area contributed by atoms with Crippen molar-refractivity contribution >= 4 is 41.3 Å². The van der Waals surface area contributed by atoms with E-state index < -0.39 is 10.3 Å². The van der Waals surface area contributed by atoms with Crippen molar-refractivity contribution in [1.29, 1.82) is 0 Å². The number of anilines is 1. The molecular formula is C27H33Cl3N2O. The summed E-state index contributed by atoms with van der Waals surface area (Å²) >= 11 is 14.5. The fourth-order valence-corrected chi connectivity index (χ4v) is 4.65. The number of rotatable bonds is 11. The lowest BCUT2D eigenvalue weighted by Crippen LogP contribution is -2.28. The molecule has 0 saturated heterocycles. The fraction of sp³-hybridized carbons (Fsp3) is 0.333. The highest BCUT2D eigenvalue weighted by molar-refractivity contribution is 6.34. The van der Waals surface area contributed by atoms with E-state index in [4.69, 9.17) is 27.9 Å². The summed E-state index contributed by atoms with van der Waals surface area (Å²) in [6, 6.07) is 26.1. The molecule has 0 spiro atoms. The first-order valence-electron chi connectivity index (χ1n) is 11.1. The Labute approximate surface area is 214 Å². The smallest absolute Gasteiger partial charge is 0.118 e. The standard InChI is InChI=1S/C27H32Cl2N2O.ClH/c1-4-31(5-2)20-19-30-24-15-13-23(14-16-24)27(29,22-9-7-6-8-10-22)26(28)21-11-17-25(32-3)18-12-21;/h6-18,26,30H,4-5,19-20H2,1-3H3;1H. The van der Waals surface area contributed by atoms with Crippen LogP contribution in [0, 0.1) is 0 Å². The topological polar surface area (TPSA) is 24.5 Å². The number of benzene rings is 3. The van der Waals surface area contributed by atoms with E-state index in [2.05, 4.69) is 48.3 Å². The zero-order valence-corrected chi connectivity index (χ0v) is 21.8. The number of nitrogens with zero attached hydrogens (tertiary/aromatic N) is 1. The maximum Gasteiger partial charge on any atom is 0.118 e. The van der Waals surface area contributed by atoms with Crippen LogP contribution in [0.2, 0.25) is 0 Å². The van der Waals surface area contributed by atoms with Crippen LogP contribution in [0.1, 0.15) is 35.9 Å². The summed E-state index contributed by atoms with van der Waals surface area (Å²) in [5.74, 6) is 0.789. The second-order valence-electron chi connectivity index (χ2n) is 7.74. The van der Waals surface area contributed by atoms with Gasteiger partial charge in [0.25, 0.3) is 0 Å². The first kappa shape index (κ1) is 27.3. The molecular weight excluding hydrogens is 475 g/mol. The van der Waals surface area contributed by atoms with E-state index in [1.165, 1.54) is 0 Å². The SMILES string of the molecule is CCN(CC)CCNc1ccc(C(Cl)(c2ccccc2)C(Cl)c2ccc(OC)cc2)cc1.Cl. The predicted molar refractivity (Wildman–Crippen MR) is 145 cm³/mol. The van der Waals surface area contributed by atoms with Crippen molar-refractivity contribution in [3.05, 3.63) is 95.6 Å². The van der Waals surface area contributed by atoms with Crippen LogP contribution in [0.15, 0.2) is 78.9 Å². The van der Waals surface area contributed by atoms with Crippen LogP contribution in [0.3, 0.4) is 0 Å². The van der Waals surface area contributed by atoms with Gasteiger partial charge in [-0.25, -0.2) is 0 Å². The summed E-state index contributed by atoms with van der Waals surface area (Å²) in [5, 5.41) is 3.03. The lowest BCUT2D eigenvalue weighted by molar-refractivity contribution is 0.316. The van der Waals surface area contributed by atoms with E-state index in [1.54, 1.807) is 7.11 Å². The molecule has 0 bridgehead atoms. The number of hydrogen-bond acceptors (Lipinski definition) is 3. The minimum Gasteiger partial charge on any atom is -0.497 e. The van der Waals surface area contributed by atoms with Crippen LogP contribution in [0.5, 0.6) is 5.75 Å². The van der Waals surface area contributed by atoms with Gasteiger partial charge in [-0.3, -0.25) is 0 Å². The van der Waals surface area contributed by atoms with Gasteiger partial charge in [-0.1, -0.05) is 68.4 Å². The van der Waals surface area contributed by atoms with E-state index >= 15 is 0 Å². The lowest BCUT2D eigenvalue weighted by atomic mass is 9.84. The predicted octanol–water partition coefficient (Wildman–Crippen LogP) is 7.33. The van der Waals surface area contributed by atoms with Gasteiger partial charge in [0.15, 0.2) is 0 Å². The average molecular weight is 508 g/mol. The third kappa shape index (κ3) is 6.58. The van der Waals surface area contributed by atoms with Crippen molar-refractivity contribution in [3.8, 4) is 5.75 Å². The number of likely N-dealkylation sites (N-methyl/N-ethyl adjacent to an activating group) is 1. The minimum absolute atomic E-state index is 0. The normalized spacial score (nSPS) is 13.6. The van der Waals surface area contributed by atoms with Gasteiger partial charge < -0.3 is 15.0 Å². The Morgan fingerprint density at radius 1 is 0.879 bits per heavy atom. The van der Waals surface area contributed by atoms with E-state index in [1.807, 2.05) is 54.6 Å². The summed E-state index contributed by atoms with van der Waals surface area (Å²) in [4.78, 5) is 1.48. The summed E-state index contributed by atoms with van der Waals surface area (Å²) in [6.45, 7) is 8.41. The number of alkyl halides is 2. The number of halogens is 3. The van der Waals surface area contributed by atoms with Gasteiger partial charge in [-0.05, 0) is 54.0 Å². The van der Waals surface area contributed by atoms with Crippen molar-refractivity contribution < 1.29 is 4.74 Å². The van der Waals surface area contributed by atoms with Gasteiger partial charge in [-0.15, -0.1) is 35.6 Å². The molecule has 0 radical (unpaired) electrons. The maximum absolute atomic E-state index is 7.39. The molecule has 0 fully saturated rings. The van der Waals surface area contributed by atoms with E-state index in [0.717, 1.165) is 54.3 Å². The summed E-state index contributed by atoms with van der Waals surface area (Å²) < 4.78 is 5.29. The molecule has 2 unspecified atom stereocenters. The second kappa shape index (κ2) is 13.1. The van der Waals surface area contributed by atoms with Crippen LogP contribution >= 0.6 is 35.6 Å². The molecule has 33 heavy (non-hydrogen) atoms. The van der Waals surface area contributed by atoms with Crippen LogP contribution in [0.25, 0.3) is 0 Å². The molecule has 0 saturated carbocycles. The zero-order chi connectivity index (χ0) is 23.0. The van der Waals surface area contributed by atoms with E-state index in [0.29, 0.717) is 0 Å². The molecule has 0 amide bonds. The number of hydrogen-bond donors (Lipinski definition) is 1. The third-order valence-electron chi connectivity index (χ3n) is 5.91. The molecule has 0 aliphatic heterocycles. The molecule has 6 heteroatoms. The Hall–Kier alpha value is -1.91. The van der Waals surface area contributed by atoms with Crippen LogP contribution in [0.4, 0.5) is 5.69 Å². The molecule has 0 aliphatic carbocycles. The average Bonchev–Trinajstić information content (AvgIpc) is 2.86. The molecule has 178 valence electrons. The molecule has 3 aromatic carbocycles. The van der Waals surface area contributed by atoms with Crippen LogP contribution in [-0.4, -0.2) is 38.2 Å². The monoisotopic (exact) mass is 506 g/mol. The fourth-order valence-electron chi connectivity index (χ4n) is 3.87. The van der Waals surface area contributed by atoms with Crippen molar-refractivity contribution in [2.75, 3.05) is 38.6 Å². The number of nitrogens with one attached hydrogen (secondary N) is 1. The highest BCUT2D eigenvalue weighted by Crippen LogP contribution is 2.50. The molecule has 0 aromatic heterocycles. The minimum atomic E-state index is -0.919. The molecule has 3 rings (SSSR count). The van der Waals surface area contributed by atoms with Gasteiger partial charge >= 0.3 is 0 Å². The lowest BCUT2D eigenvalue weighted by Gasteiger charge is -2.33. The number of methoxy groups -OCH3 is 1. The van der Waals surface area contributed by atoms with Crippen molar-refractivity contribution in [2.24, 2.45) is 0 Å². The first-order valence-corrected chi connectivity index (χ1v) is 11.9. The Balaban J connectivity index is 0.00000385. The highest BCUT2D eigenvalue weighted by atomic mass is 35.5. The Morgan fingerprint density at radius 2 is 1.45 bits per heavy atom. The second-order valence-corrected chi connectivity index (χ2v) is 8.78. The zero-order valence-electron chi connectivity index (χ0n) is 19.4. The third-order valence-corrected chi connectivity index (χ3v) is 7.25. The Bertz CT molecular complexity index is 947. The van der Waals surface area contributed by atoms with Crippen LogP contribution < -0.4 is 10.1 Å². The van der Waals surface area contributed by atoms with Crippen LogP contribution in [-0.2, 0) is 4.87 Å². The summed E-state index contributed by atoms with van der Waals surface area (Å²) in [7, 11) is 1.65. The van der Waals surface area contributed by atoms with Crippen molar-refractivity contribution in [3.63, 3.8) is 0 Å². The molecule has 1 N–H and O–H groups in total. The van der Waals surface area contributed by atoms with Gasteiger partial charge in [0, 0.05) is 18.8 Å². The van der Waals surface area contributed by atoms with Gasteiger partial charge in [0.2, 0.25) is 0 Å². The largest absolute Gasteiger partial charge is 0.497 e. The molecule has 0 heterocycles. The maximum atomic E-state index is 7.39. The molecule has 3 nitrogen and oxygen atoms in total. The van der Waals surface area contributed by atoms with Crippen molar-refractivity contribution in [1.82, 2.24) is 4.90 Å². The quantitative estimate of drug-likeness (QED) is 0.275. The van der Waals surface area contributed by atoms with Crippen molar-refractivity contribution in [2.45, 2.75) is 24.1 Å². The van der Waals surface area contributed by atoms with Gasteiger partial charge in [0.1, 0.15) is 10.6 Å². The Morgan fingerprint density at radius 3 is 2.00 bits per heavy atom. The van der Waals surface area contributed by atoms with Gasteiger partial charge in [-0.2, -0.15) is 0 Å².